The highest BCUT2D eigenvalue weighted by molar-refractivity contribution is 6.08. The number of rotatable bonds is 3. The number of hydrogen-bond donors (Lipinski definition) is 1. The summed E-state index contributed by atoms with van der Waals surface area (Å²) in [5.41, 5.74) is 0.791. The average Bonchev–Trinajstić information content (AvgIpc) is 2.17. The molecule has 1 aromatic rings. The molecule has 0 aliphatic heterocycles. The van der Waals surface area contributed by atoms with Crippen LogP contribution in [0.4, 0.5) is 0 Å². The quantitative estimate of drug-likeness (QED) is 0.563. The van der Waals surface area contributed by atoms with Gasteiger partial charge in [-0.2, -0.15) is 0 Å². The molecule has 1 rings (SSSR count). The minimum Gasteiger partial charge on any atom is -0.389 e. The minimum absolute atomic E-state index is 0.199. The lowest BCUT2D eigenvalue weighted by molar-refractivity contribution is 0.0996. The number of carbonyl (C=O) groups is 1. The highest BCUT2D eigenvalue weighted by atomic mass is 16.3. The maximum absolute atomic E-state index is 11.5. The number of aliphatic hydroxyl groups is 1. The van der Waals surface area contributed by atoms with Gasteiger partial charge in [0.2, 0.25) is 0 Å². The molecule has 1 N–H and O–H groups in total. The highest BCUT2D eigenvalue weighted by Gasteiger charge is 2.13. The molecule has 0 fully saturated rings. The zero-order valence-corrected chi connectivity index (χ0v) is 7.53. The van der Waals surface area contributed by atoms with E-state index in [4.69, 9.17) is 5.11 Å². The summed E-state index contributed by atoms with van der Waals surface area (Å²) in [6, 6.07) is 8.80. The van der Waals surface area contributed by atoms with E-state index in [9.17, 15) is 4.79 Å². The number of benzene rings is 1. The second-order valence-electron chi connectivity index (χ2n) is 2.90. The average molecular weight is 176 g/mol. The fourth-order valence-electron chi connectivity index (χ4n) is 0.965. The Kier molecular flexibility index (Phi) is 2.98. The van der Waals surface area contributed by atoms with E-state index in [1.165, 1.54) is 6.92 Å². The molecule has 0 spiro atoms. The summed E-state index contributed by atoms with van der Waals surface area (Å²) in [7, 11) is 0. The van der Waals surface area contributed by atoms with Crippen molar-refractivity contribution in [1.29, 1.82) is 0 Å². The SMILES string of the molecule is C=C(C(=O)c1ccccc1)C(C)O. The summed E-state index contributed by atoms with van der Waals surface area (Å²) in [6.45, 7) is 5.06. The van der Waals surface area contributed by atoms with E-state index >= 15 is 0 Å². The van der Waals surface area contributed by atoms with Crippen molar-refractivity contribution in [2.24, 2.45) is 0 Å². The molecule has 1 atom stereocenters. The van der Waals surface area contributed by atoms with E-state index in [0.29, 0.717) is 5.56 Å². The Labute approximate surface area is 77.5 Å². The van der Waals surface area contributed by atoms with Crippen molar-refractivity contribution in [1.82, 2.24) is 0 Å². The third-order valence-electron chi connectivity index (χ3n) is 1.83. The van der Waals surface area contributed by atoms with E-state index in [-0.39, 0.29) is 11.4 Å². The first-order chi connectivity index (χ1) is 6.13. The third kappa shape index (κ3) is 2.26. The van der Waals surface area contributed by atoms with Gasteiger partial charge in [-0.05, 0) is 6.92 Å². The lowest BCUT2D eigenvalue weighted by Gasteiger charge is -2.06. The smallest absolute Gasteiger partial charge is 0.191 e. The maximum Gasteiger partial charge on any atom is 0.191 e. The minimum atomic E-state index is -0.785. The van der Waals surface area contributed by atoms with Gasteiger partial charge >= 0.3 is 0 Å². The largest absolute Gasteiger partial charge is 0.389 e. The van der Waals surface area contributed by atoms with E-state index < -0.39 is 6.10 Å². The van der Waals surface area contributed by atoms with Crippen LogP contribution in [0, 0.1) is 0 Å². The second kappa shape index (κ2) is 4.01. The molecule has 0 amide bonds. The van der Waals surface area contributed by atoms with Gasteiger partial charge in [0.05, 0.1) is 6.10 Å². The normalized spacial score (nSPS) is 12.2. The zero-order valence-electron chi connectivity index (χ0n) is 7.53. The Morgan fingerprint density at radius 3 is 2.38 bits per heavy atom. The van der Waals surface area contributed by atoms with Gasteiger partial charge < -0.3 is 5.11 Å². The van der Waals surface area contributed by atoms with Crippen molar-refractivity contribution in [3.8, 4) is 0 Å². The molecule has 1 unspecified atom stereocenters. The van der Waals surface area contributed by atoms with E-state index in [1.807, 2.05) is 6.07 Å². The Morgan fingerprint density at radius 1 is 1.38 bits per heavy atom. The molecule has 0 radical (unpaired) electrons. The third-order valence-corrected chi connectivity index (χ3v) is 1.83. The fraction of sp³-hybridized carbons (Fsp3) is 0.182. The van der Waals surface area contributed by atoms with Gasteiger partial charge in [0, 0.05) is 11.1 Å². The molecule has 0 saturated carbocycles. The Bertz CT molecular complexity index is 312. The molecule has 1 aromatic carbocycles. The predicted octanol–water partition coefficient (Wildman–Crippen LogP) is 1.81. The van der Waals surface area contributed by atoms with Crippen molar-refractivity contribution in [2.45, 2.75) is 13.0 Å². The molecule has 0 aromatic heterocycles. The van der Waals surface area contributed by atoms with Gasteiger partial charge in [0.25, 0.3) is 0 Å². The molecule has 2 heteroatoms. The van der Waals surface area contributed by atoms with Crippen LogP contribution in [0.15, 0.2) is 42.5 Å². The molecule has 0 saturated heterocycles. The summed E-state index contributed by atoms with van der Waals surface area (Å²) in [4.78, 5) is 11.5. The summed E-state index contributed by atoms with van der Waals surface area (Å²) in [6.07, 6.45) is -0.785. The first kappa shape index (κ1) is 9.68. The van der Waals surface area contributed by atoms with Crippen LogP contribution in [0.2, 0.25) is 0 Å². The van der Waals surface area contributed by atoms with Crippen LogP contribution in [0.25, 0.3) is 0 Å². The monoisotopic (exact) mass is 176 g/mol. The summed E-state index contributed by atoms with van der Waals surface area (Å²) < 4.78 is 0. The van der Waals surface area contributed by atoms with Crippen molar-refractivity contribution < 1.29 is 9.90 Å². The van der Waals surface area contributed by atoms with Crippen molar-refractivity contribution in [3.05, 3.63) is 48.0 Å². The molecule has 68 valence electrons. The number of Topliss-reactive ketones (excluding diaryl/α,β-unsaturated/α-hetero) is 1. The number of carbonyl (C=O) groups excluding carboxylic acids is 1. The Morgan fingerprint density at radius 2 is 1.92 bits per heavy atom. The second-order valence-corrected chi connectivity index (χ2v) is 2.90. The number of hydrogen-bond acceptors (Lipinski definition) is 2. The van der Waals surface area contributed by atoms with E-state index in [1.54, 1.807) is 24.3 Å². The van der Waals surface area contributed by atoms with Crippen LogP contribution in [0.1, 0.15) is 17.3 Å². The van der Waals surface area contributed by atoms with Crippen LogP contribution in [-0.2, 0) is 0 Å². The van der Waals surface area contributed by atoms with Gasteiger partial charge in [0.1, 0.15) is 0 Å². The van der Waals surface area contributed by atoms with Gasteiger partial charge in [-0.25, -0.2) is 0 Å². The molecule has 0 heterocycles. The summed E-state index contributed by atoms with van der Waals surface area (Å²) in [5, 5.41) is 9.13. The summed E-state index contributed by atoms with van der Waals surface area (Å²) >= 11 is 0. The standard InChI is InChI=1S/C11H12O2/c1-8(9(2)12)11(13)10-6-4-3-5-7-10/h3-7,9,12H,1H2,2H3. The van der Waals surface area contributed by atoms with Gasteiger partial charge in [-0.15, -0.1) is 0 Å². The number of aliphatic hydroxyl groups excluding tert-OH is 1. The van der Waals surface area contributed by atoms with Gasteiger partial charge in [-0.1, -0.05) is 36.9 Å². The fourth-order valence-corrected chi connectivity index (χ4v) is 0.965. The Hall–Kier alpha value is -1.41. The molecular weight excluding hydrogens is 164 g/mol. The first-order valence-electron chi connectivity index (χ1n) is 4.09. The van der Waals surface area contributed by atoms with Crippen molar-refractivity contribution in [3.63, 3.8) is 0 Å². The lowest BCUT2D eigenvalue weighted by Crippen LogP contribution is -2.13. The molecule has 2 nitrogen and oxygen atoms in total. The molecule has 0 aliphatic carbocycles. The van der Waals surface area contributed by atoms with Crippen LogP contribution < -0.4 is 0 Å². The Balaban J connectivity index is 2.87. The summed E-state index contributed by atoms with van der Waals surface area (Å²) in [5.74, 6) is -0.199. The van der Waals surface area contributed by atoms with Crippen LogP contribution in [-0.4, -0.2) is 17.0 Å². The van der Waals surface area contributed by atoms with Crippen LogP contribution in [0.3, 0.4) is 0 Å². The first-order valence-corrected chi connectivity index (χ1v) is 4.09. The van der Waals surface area contributed by atoms with Crippen LogP contribution >= 0.6 is 0 Å². The maximum atomic E-state index is 11.5. The lowest BCUT2D eigenvalue weighted by atomic mass is 10.0. The van der Waals surface area contributed by atoms with Gasteiger partial charge in [-0.3, -0.25) is 4.79 Å². The zero-order chi connectivity index (χ0) is 9.84. The molecule has 0 aliphatic rings. The van der Waals surface area contributed by atoms with Crippen LogP contribution in [0.5, 0.6) is 0 Å². The van der Waals surface area contributed by atoms with Crippen molar-refractivity contribution in [2.75, 3.05) is 0 Å². The highest BCUT2D eigenvalue weighted by Crippen LogP contribution is 2.09. The van der Waals surface area contributed by atoms with E-state index in [0.717, 1.165) is 0 Å². The predicted molar refractivity (Wildman–Crippen MR) is 51.6 cm³/mol. The topological polar surface area (TPSA) is 37.3 Å². The molecule has 0 bridgehead atoms. The molecule has 13 heavy (non-hydrogen) atoms. The van der Waals surface area contributed by atoms with E-state index in [2.05, 4.69) is 6.58 Å². The van der Waals surface area contributed by atoms with Gasteiger partial charge in [0.15, 0.2) is 5.78 Å². The number of ketones is 1. The van der Waals surface area contributed by atoms with Crippen molar-refractivity contribution >= 4 is 5.78 Å². The molecular formula is C11H12O2.